The molecule has 0 saturated carbocycles. The lowest BCUT2D eigenvalue weighted by molar-refractivity contribution is 0.0175. The molecule has 4 heteroatoms. The molecule has 0 radical (unpaired) electrons. The van der Waals surface area contributed by atoms with Crippen molar-refractivity contribution in [3.8, 4) is 5.75 Å². The number of benzene rings is 1. The molecule has 1 rings (SSSR count). The van der Waals surface area contributed by atoms with Crippen LogP contribution in [0.25, 0.3) is 0 Å². The van der Waals surface area contributed by atoms with Gasteiger partial charge in [-0.05, 0) is 18.2 Å². The summed E-state index contributed by atoms with van der Waals surface area (Å²) < 4.78 is 25.6. The predicted octanol–water partition coefficient (Wildman–Crippen LogP) is 2.55. The van der Waals surface area contributed by atoms with Crippen molar-refractivity contribution in [1.82, 2.24) is 0 Å². The average Bonchev–Trinajstić information content (AvgIpc) is 2.03. The van der Waals surface area contributed by atoms with Gasteiger partial charge in [0, 0.05) is 19.5 Å². The molecule has 1 aromatic carbocycles. The lowest BCUT2D eigenvalue weighted by Gasteiger charge is -2.12. The molecule has 0 aliphatic rings. The zero-order chi connectivity index (χ0) is 10.1. The van der Waals surface area contributed by atoms with Crippen molar-refractivity contribution < 1.29 is 13.9 Å². The molecule has 0 unspecified atom stereocenters. The highest BCUT2D eigenvalue weighted by atomic mass is 19.3. The summed E-state index contributed by atoms with van der Waals surface area (Å²) in [7, 11) is 1.56. The number of phenols is 1. The first-order valence-electron chi connectivity index (χ1n) is 3.84. The lowest BCUT2D eigenvalue weighted by atomic mass is 10.1. The Morgan fingerprint density at radius 1 is 1.38 bits per heavy atom. The SMILES string of the molecule is CNc1cc(C(C)(F)F)ccc1O. The summed E-state index contributed by atoms with van der Waals surface area (Å²) in [6.07, 6.45) is 0. The van der Waals surface area contributed by atoms with Gasteiger partial charge < -0.3 is 10.4 Å². The Balaban J connectivity index is 3.14. The molecule has 2 nitrogen and oxygen atoms in total. The third-order valence-electron chi connectivity index (χ3n) is 1.77. The van der Waals surface area contributed by atoms with Gasteiger partial charge in [0.1, 0.15) is 5.75 Å². The largest absolute Gasteiger partial charge is 0.506 e. The van der Waals surface area contributed by atoms with Crippen molar-refractivity contribution in [3.05, 3.63) is 23.8 Å². The summed E-state index contributed by atoms with van der Waals surface area (Å²) in [6, 6.07) is 3.68. The molecule has 0 aromatic heterocycles. The molecule has 0 aliphatic heterocycles. The molecule has 0 aliphatic carbocycles. The fourth-order valence-corrected chi connectivity index (χ4v) is 1.01. The first kappa shape index (κ1) is 9.77. The fourth-order valence-electron chi connectivity index (χ4n) is 1.01. The molecule has 0 saturated heterocycles. The molecule has 0 atom stereocenters. The number of phenolic OH excluding ortho intramolecular Hbond substituents is 1. The van der Waals surface area contributed by atoms with E-state index in [0.717, 1.165) is 6.92 Å². The van der Waals surface area contributed by atoms with E-state index in [1.807, 2.05) is 0 Å². The number of alkyl halides is 2. The van der Waals surface area contributed by atoms with Crippen molar-refractivity contribution in [2.45, 2.75) is 12.8 Å². The first-order valence-corrected chi connectivity index (χ1v) is 3.84. The van der Waals surface area contributed by atoms with Gasteiger partial charge >= 0.3 is 0 Å². The number of halogens is 2. The molecular formula is C9H11F2NO. The van der Waals surface area contributed by atoms with E-state index >= 15 is 0 Å². The van der Waals surface area contributed by atoms with Crippen molar-refractivity contribution in [3.63, 3.8) is 0 Å². The van der Waals surface area contributed by atoms with Gasteiger partial charge in [-0.15, -0.1) is 0 Å². The highest BCUT2D eigenvalue weighted by Crippen LogP contribution is 2.32. The van der Waals surface area contributed by atoms with Crippen LogP contribution < -0.4 is 5.32 Å². The Morgan fingerprint density at radius 2 is 2.00 bits per heavy atom. The van der Waals surface area contributed by atoms with Crippen LogP contribution in [0, 0.1) is 0 Å². The van der Waals surface area contributed by atoms with Crippen LogP contribution in [0.4, 0.5) is 14.5 Å². The standard InChI is InChI=1S/C9H11F2NO/c1-9(10,11)6-3-4-8(13)7(5-6)12-2/h3-5,12-13H,1-2H3. The van der Waals surface area contributed by atoms with Crippen LogP contribution in [0.15, 0.2) is 18.2 Å². The van der Waals surface area contributed by atoms with Crippen molar-refractivity contribution in [1.29, 1.82) is 0 Å². The normalized spacial score (nSPS) is 11.4. The topological polar surface area (TPSA) is 32.3 Å². The second kappa shape index (κ2) is 3.20. The van der Waals surface area contributed by atoms with Gasteiger partial charge in [0.05, 0.1) is 5.69 Å². The summed E-state index contributed by atoms with van der Waals surface area (Å²) in [5.74, 6) is -2.91. The Hall–Kier alpha value is -1.32. The zero-order valence-electron chi connectivity index (χ0n) is 7.44. The number of nitrogens with one attached hydrogen (secondary N) is 1. The van der Waals surface area contributed by atoms with Gasteiger partial charge in [0.15, 0.2) is 0 Å². The second-order valence-electron chi connectivity index (χ2n) is 2.87. The third-order valence-corrected chi connectivity index (χ3v) is 1.77. The van der Waals surface area contributed by atoms with E-state index in [-0.39, 0.29) is 11.3 Å². The highest BCUT2D eigenvalue weighted by Gasteiger charge is 2.24. The minimum atomic E-state index is -2.88. The van der Waals surface area contributed by atoms with E-state index in [4.69, 9.17) is 0 Å². The van der Waals surface area contributed by atoms with E-state index in [1.54, 1.807) is 7.05 Å². The first-order chi connectivity index (χ1) is 5.95. The van der Waals surface area contributed by atoms with E-state index in [9.17, 15) is 13.9 Å². The molecule has 0 fully saturated rings. The molecular weight excluding hydrogens is 176 g/mol. The monoisotopic (exact) mass is 187 g/mol. The van der Waals surface area contributed by atoms with Crippen molar-refractivity contribution in [2.75, 3.05) is 12.4 Å². The van der Waals surface area contributed by atoms with Crippen LogP contribution >= 0.6 is 0 Å². The molecule has 0 spiro atoms. The molecule has 0 amide bonds. The Labute approximate surface area is 75.2 Å². The van der Waals surface area contributed by atoms with Crippen LogP contribution in [0.5, 0.6) is 5.75 Å². The van der Waals surface area contributed by atoms with Crippen molar-refractivity contribution in [2.24, 2.45) is 0 Å². The third kappa shape index (κ3) is 2.08. The average molecular weight is 187 g/mol. The molecule has 0 bridgehead atoms. The van der Waals surface area contributed by atoms with Gasteiger partial charge in [-0.2, -0.15) is 0 Å². The van der Waals surface area contributed by atoms with Gasteiger partial charge in [-0.1, -0.05) is 0 Å². The Kier molecular flexibility index (Phi) is 2.40. The zero-order valence-corrected chi connectivity index (χ0v) is 7.44. The maximum atomic E-state index is 12.8. The number of anilines is 1. The van der Waals surface area contributed by atoms with Crippen LogP contribution in [-0.4, -0.2) is 12.2 Å². The Morgan fingerprint density at radius 3 is 2.46 bits per heavy atom. The van der Waals surface area contributed by atoms with Gasteiger partial charge in [-0.25, -0.2) is 8.78 Å². The van der Waals surface area contributed by atoms with Crippen LogP contribution in [-0.2, 0) is 5.92 Å². The van der Waals surface area contributed by atoms with Gasteiger partial charge in [-0.3, -0.25) is 0 Å². The number of hydrogen-bond donors (Lipinski definition) is 2. The number of rotatable bonds is 2. The lowest BCUT2D eigenvalue weighted by Crippen LogP contribution is -2.07. The van der Waals surface area contributed by atoms with E-state index < -0.39 is 5.92 Å². The molecule has 1 aromatic rings. The van der Waals surface area contributed by atoms with Gasteiger partial charge in [0.2, 0.25) is 0 Å². The Bertz CT molecular complexity index is 307. The predicted molar refractivity (Wildman–Crippen MR) is 47.2 cm³/mol. The van der Waals surface area contributed by atoms with Crippen LogP contribution in [0.1, 0.15) is 12.5 Å². The van der Waals surface area contributed by atoms with E-state index in [1.165, 1.54) is 18.2 Å². The summed E-state index contributed by atoms with van der Waals surface area (Å²) in [5.41, 5.74) is 0.189. The summed E-state index contributed by atoms with van der Waals surface area (Å²) in [4.78, 5) is 0. The fraction of sp³-hybridized carbons (Fsp3) is 0.333. The summed E-state index contributed by atoms with van der Waals surface area (Å²) in [5, 5.41) is 11.8. The maximum Gasteiger partial charge on any atom is 0.270 e. The molecule has 13 heavy (non-hydrogen) atoms. The minimum Gasteiger partial charge on any atom is -0.506 e. The molecule has 2 N–H and O–H groups in total. The van der Waals surface area contributed by atoms with Crippen LogP contribution in [0.3, 0.4) is 0 Å². The van der Waals surface area contributed by atoms with E-state index in [0.29, 0.717) is 5.69 Å². The minimum absolute atomic E-state index is 0.0319. The van der Waals surface area contributed by atoms with Crippen molar-refractivity contribution >= 4 is 5.69 Å². The summed E-state index contributed by atoms with van der Waals surface area (Å²) in [6.45, 7) is 0.818. The molecule has 72 valence electrons. The highest BCUT2D eigenvalue weighted by molar-refractivity contribution is 5.57. The van der Waals surface area contributed by atoms with E-state index in [2.05, 4.69) is 5.32 Å². The maximum absolute atomic E-state index is 12.8. The quantitative estimate of drug-likeness (QED) is 0.697. The van der Waals surface area contributed by atoms with Gasteiger partial charge in [0.25, 0.3) is 5.92 Å². The number of hydrogen-bond acceptors (Lipinski definition) is 2. The van der Waals surface area contributed by atoms with Crippen LogP contribution in [0.2, 0.25) is 0 Å². The summed E-state index contributed by atoms with van der Waals surface area (Å²) >= 11 is 0. The number of aromatic hydroxyl groups is 1. The smallest absolute Gasteiger partial charge is 0.270 e. The molecule has 0 heterocycles. The second-order valence-corrected chi connectivity index (χ2v) is 2.87.